The first kappa shape index (κ1) is 17.0. The molecule has 0 aliphatic heterocycles. The minimum atomic E-state index is -0.551. The molecule has 1 unspecified atom stereocenters. The molecule has 0 aliphatic carbocycles. The Morgan fingerprint density at radius 1 is 1.30 bits per heavy atom. The Labute approximate surface area is 130 Å². The van der Waals surface area contributed by atoms with E-state index in [9.17, 15) is 9.59 Å². The summed E-state index contributed by atoms with van der Waals surface area (Å²) in [5.41, 5.74) is 0. The second-order valence-electron chi connectivity index (χ2n) is 3.90. The lowest BCUT2D eigenvalue weighted by Crippen LogP contribution is -2.32. The monoisotopic (exact) mass is 363 g/mol. The molecule has 0 spiro atoms. The Morgan fingerprint density at radius 3 is 2.55 bits per heavy atom. The molecule has 0 aromatic carbocycles. The molecule has 1 heterocycles. The van der Waals surface area contributed by atoms with Crippen LogP contribution in [0.3, 0.4) is 0 Å². The molecule has 5 nitrogen and oxygen atoms in total. The average molecular weight is 364 g/mol. The number of carbonyl (C=O) groups excluding carboxylic acids is 2. The quantitative estimate of drug-likeness (QED) is 0.718. The van der Waals surface area contributed by atoms with Crippen LogP contribution in [0.25, 0.3) is 0 Å². The van der Waals surface area contributed by atoms with E-state index >= 15 is 0 Å². The molecule has 1 aromatic rings. The molecule has 20 heavy (non-hydrogen) atoms. The van der Waals surface area contributed by atoms with E-state index in [1.165, 1.54) is 11.3 Å². The van der Waals surface area contributed by atoms with Gasteiger partial charge >= 0.3 is 11.9 Å². The van der Waals surface area contributed by atoms with Gasteiger partial charge < -0.3 is 14.8 Å². The molecule has 0 saturated carbocycles. The van der Waals surface area contributed by atoms with Gasteiger partial charge in [-0.1, -0.05) is 0 Å². The third-order valence-corrected chi connectivity index (χ3v) is 3.96. The zero-order chi connectivity index (χ0) is 15.0. The number of thiophene rings is 1. The predicted molar refractivity (Wildman–Crippen MR) is 81.9 cm³/mol. The van der Waals surface area contributed by atoms with Crippen LogP contribution in [0.5, 0.6) is 0 Å². The highest BCUT2D eigenvalue weighted by Crippen LogP contribution is 2.27. The van der Waals surface area contributed by atoms with Gasteiger partial charge in [0.2, 0.25) is 0 Å². The van der Waals surface area contributed by atoms with Crippen molar-refractivity contribution in [3.05, 3.63) is 15.9 Å². The normalized spacial score (nSPS) is 11.8. The maximum Gasteiger partial charge on any atom is 0.328 e. The van der Waals surface area contributed by atoms with Crippen molar-refractivity contribution in [3.63, 3.8) is 0 Å². The highest BCUT2D eigenvalue weighted by molar-refractivity contribution is 9.11. The molecular weight excluding hydrogens is 346 g/mol. The van der Waals surface area contributed by atoms with Crippen LogP contribution in [0, 0.1) is 0 Å². The van der Waals surface area contributed by atoms with Crippen molar-refractivity contribution < 1.29 is 19.1 Å². The lowest BCUT2D eigenvalue weighted by Gasteiger charge is -2.16. The number of anilines is 1. The van der Waals surface area contributed by atoms with Crippen molar-refractivity contribution in [2.75, 3.05) is 18.5 Å². The van der Waals surface area contributed by atoms with Crippen LogP contribution < -0.4 is 5.32 Å². The standard InChI is InChI=1S/C13H18BrNO4S/c1-3-18-12(16)8-5-9(13(17)19-4-2)15-11-7-6-10(14)20-11/h6-7,9,15H,3-5,8H2,1-2H3. The van der Waals surface area contributed by atoms with Crippen molar-refractivity contribution >= 4 is 44.2 Å². The Balaban J connectivity index is 2.60. The molecule has 0 saturated heterocycles. The summed E-state index contributed by atoms with van der Waals surface area (Å²) in [7, 11) is 0. The molecule has 7 heteroatoms. The summed E-state index contributed by atoms with van der Waals surface area (Å²) in [6.07, 6.45) is 0.518. The largest absolute Gasteiger partial charge is 0.466 e. The van der Waals surface area contributed by atoms with Crippen LogP contribution in [-0.4, -0.2) is 31.2 Å². The van der Waals surface area contributed by atoms with Crippen molar-refractivity contribution in [1.29, 1.82) is 0 Å². The second kappa shape index (κ2) is 8.97. The minimum absolute atomic E-state index is 0.177. The van der Waals surface area contributed by atoms with E-state index in [0.717, 1.165) is 8.79 Å². The first-order valence-corrected chi connectivity index (χ1v) is 8.01. The summed E-state index contributed by atoms with van der Waals surface area (Å²) in [6.45, 7) is 4.16. The first-order valence-electron chi connectivity index (χ1n) is 6.41. The first-order chi connectivity index (χ1) is 9.56. The minimum Gasteiger partial charge on any atom is -0.466 e. The number of esters is 2. The van der Waals surface area contributed by atoms with Crippen LogP contribution in [0.1, 0.15) is 26.7 Å². The third-order valence-electron chi connectivity index (χ3n) is 2.40. The number of nitrogens with one attached hydrogen (secondary N) is 1. The maximum absolute atomic E-state index is 11.9. The summed E-state index contributed by atoms with van der Waals surface area (Å²) >= 11 is 4.84. The zero-order valence-electron chi connectivity index (χ0n) is 11.5. The van der Waals surface area contributed by atoms with Gasteiger partial charge in [-0.05, 0) is 48.3 Å². The number of hydrogen-bond donors (Lipinski definition) is 1. The molecule has 1 N–H and O–H groups in total. The fourth-order valence-electron chi connectivity index (χ4n) is 1.55. The Hall–Kier alpha value is -1.08. The van der Waals surface area contributed by atoms with Gasteiger partial charge in [0.15, 0.2) is 0 Å². The van der Waals surface area contributed by atoms with Gasteiger partial charge in [0, 0.05) is 6.42 Å². The summed E-state index contributed by atoms with van der Waals surface area (Å²) in [4.78, 5) is 23.3. The summed E-state index contributed by atoms with van der Waals surface area (Å²) < 4.78 is 10.8. The fraction of sp³-hybridized carbons (Fsp3) is 0.538. The molecule has 1 atom stereocenters. The molecule has 0 aliphatic rings. The van der Waals surface area contributed by atoms with E-state index < -0.39 is 6.04 Å². The van der Waals surface area contributed by atoms with Crippen molar-refractivity contribution in [2.45, 2.75) is 32.7 Å². The Bertz CT molecular complexity index is 449. The molecule has 0 amide bonds. The molecule has 1 rings (SSSR count). The van der Waals surface area contributed by atoms with Crippen LogP contribution in [-0.2, 0) is 19.1 Å². The summed E-state index contributed by atoms with van der Waals surface area (Å²) in [5, 5.41) is 3.93. The fourth-order valence-corrected chi connectivity index (χ4v) is 2.89. The number of hydrogen-bond acceptors (Lipinski definition) is 6. The molecule has 1 aromatic heterocycles. The van der Waals surface area contributed by atoms with Crippen molar-refractivity contribution in [2.24, 2.45) is 0 Å². The Kier molecular flexibility index (Phi) is 7.61. The number of carbonyl (C=O) groups is 2. The summed E-state index contributed by atoms with van der Waals surface area (Å²) in [5.74, 6) is -0.669. The van der Waals surface area contributed by atoms with Gasteiger partial charge in [0.1, 0.15) is 6.04 Å². The van der Waals surface area contributed by atoms with Gasteiger partial charge in [0.25, 0.3) is 0 Å². The highest BCUT2D eigenvalue weighted by atomic mass is 79.9. The molecule has 112 valence electrons. The average Bonchev–Trinajstić information content (AvgIpc) is 2.80. The lowest BCUT2D eigenvalue weighted by molar-refractivity contribution is -0.145. The van der Waals surface area contributed by atoms with Crippen LogP contribution >= 0.6 is 27.3 Å². The number of ether oxygens (including phenoxy) is 2. The van der Waals surface area contributed by atoms with E-state index in [0.29, 0.717) is 19.6 Å². The van der Waals surface area contributed by atoms with E-state index in [1.807, 2.05) is 12.1 Å². The van der Waals surface area contributed by atoms with E-state index in [2.05, 4.69) is 21.2 Å². The molecule has 0 fully saturated rings. The highest BCUT2D eigenvalue weighted by Gasteiger charge is 2.21. The maximum atomic E-state index is 11.9. The van der Waals surface area contributed by atoms with Gasteiger partial charge in [-0.3, -0.25) is 4.79 Å². The number of rotatable bonds is 8. The lowest BCUT2D eigenvalue weighted by atomic mass is 10.1. The topological polar surface area (TPSA) is 64.6 Å². The van der Waals surface area contributed by atoms with Crippen LogP contribution in [0.4, 0.5) is 5.00 Å². The zero-order valence-corrected chi connectivity index (χ0v) is 13.9. The number of halogens is 1. The van der Waals surface area contributed by atoms with Crippen molar-refractivity contribution in [1.82, 2.24) is 0 Å². The van der Waals surface area contributed by atoms with Gasteiger partial charge in [-0.25, -0.2) is 4.79 Å². The van der Waals surface area contributed by atoms with Crippen molar-refractivity contribution in [3.8, 4) is 0 Å². The second-order valence-corrected chi connectivity index (χ2v) is 6.36. The SMILES string of the molecule is CCOC(=O)CCC(Nc1ccc(Br)s1)C(=O)OCC. The van der Waals surface area contributed by atoms with E-state index in [-0.39, 0.29) is 18.4 Å². The van der Waals surface area contributed by atoms with E-state index in [1.54, 1.807) is 13.8 Å². The smallest absolute Gasteiger partial charge is 0.328 e. The molecule has 0 radical (unpaired) electrons. The van der Waals surface area contributed by atoms with Crippen LogP contribution in [0.2, 0.25) is 0 Å². The van der Waals surface area contributed by atoms with Gasteiger partial charge in [-0.15, -0.1) is 11.3 Å². The molecule has 0 bridgehead atoms. The van der Waals surface area contributed by atoms with Crippen LogP contribution in [0.15, 0.2) is 15.9 Å². The van der Waals surface area contributed by atoms with E-state index in [4.69, 9.17) is 9.47 Å². The Morgan fingerprint density at radius 2 is 2.00 bits per heavy atom. The molecular formula is C13H18BrNO4S. The summed E-state index contributed by atoms with van der Waals surface area (Å²) in [6, 6.07) is 3.20. The van der Waals surface area contributed by atoms with Gasteiger partial charge in [-0.2, -0.15) is 0 Å². The van der Waals surface area contributed by atoms with Gasteiger partial charge in [0.05, 0.1) is 22.0 Å². The predicted octanol–water partition coefficient (Wildman–Crippen LogP) is 3.20. The third kappa shape index (κ3) is 5.92.